The summed E-state index contributed by atoms with van der Waals surface area (Å²) in [5.41, 5.74) is 0.899. The number of anilines is 1. The molecule has 33 heavy (non-hydrogen) atoms. The number of halogens is 3. The van der Waals surface area contributed by atoms with Gasteiger partial charge in [-0.05, 0) is 54.8 Å². The van der Waals surface area contributed by atoms with Crippen molar-refractivity contribution in [3.63, 3.8) is 0 Å². The minimum Gasteiger partial charge on any atom is -0.468 e. The van der Waals surface area contributed by atoms with Gasteiger partial charge in [0.1, 0.15) is 6.07 Å². The molecule has 0 atom stereocenters. The predicted molar refractivity (Wildman–Crippen MR) is 115 cm³/mol. The van der Waals surface area contributed by atoms with E-state index in [0.29, 0.717) is 31.6 Å². The van der Waals surface area contributed by atoms with Crippen molar-refractivity contribution >= 4 is 11.7 Å². The Balaban J connectivity index is 1.60. The van der Waals surface area contributed by atoms with Gasteiger partial charge < -0.3 is 14.6 Å². The molecule has 1 aliphatic rings. The van der Waals surface area contributed by atoms with Crippen LogP contribution in [0.3, 0.4) is 0 Å². The standard InChI is InChI=1S/C24H21F3N4O2/c1-33-22(32)23(18-4-6-20(30-15-18)19-3-2-10-29-19)8-11-31(12-9-23)21-7-5-17(24(25,26)27)13-16(21)14-28/h2-7,10,13,15,29H,8-9,11-12H2,1H3. The Kier molecular flexibility index (Phi) is 5.85. The maximum Gasteiger partial charge on any atom is 0.416 e. The van der Waals surface area contributed by atoms with Crippen molar-refractivity contribution in [2.45, 2.75) is 24.4 Å². The Morgan fingerprint density at radius 1 is 1.21 bits per heavy atom. The fraction of sp³-hybridized carbons (Fsp3) is 0.292. The average molecular weight is 454 g/mol. The maximum absolute atomic E-state index is 13.0. The number of hydrogen-bond donors (Lipinski definition) is 1. The van der Waals surface area contributed by atoms with Crippen molar-refractivity contribution in [3.8, 4) is 17.5 Å². The van der Waals surface area contributed by atoms with Gasteiger partial charge in [0.2, 0.25) is 0 Å². The number of rotatable bonds is 4. The molecule has 0 amide bonds. The Hall–Kier alpha value is -3.80. The first kappa shape index (κ1) is 22.4. The van der Waals surface area contributed by atoms with E-state index in [0.717, 1.165) is 29.1 Å². The van der Waals surface area contributed by atoms with E-state index in [1.165, 1.54) is 13.2 Å². The molecule has 0 unspecified atom stereocenters. The van der Waals surface area contributed by atoms with Crippen LogP contribution < -0.4 is 4.90 Å². The fourth-order valence-electron chi connectivity index (χ4n) is 4.34. The van der Waals surface area contributed by atoms with Gasteiger partial charge >= 0.3 is 12.1 Å². The van der Waals surface area contributed by atoms with Crippen LogP contribution in [0, 0.1) is 11.3 Å². The number of carbonyl (C=O) groups excluding carboxylic acids is 1. The third-order valence-electron chi connectivity index (χ3n) is 6.17. The summed E-state index contributed by atoms with van der Waals surface area (Å²) in [4.78, 5) is 22.3. The second kappa shape index (κ2) is 8.62. The number of H-pyrrole nitrogens is 1. The van der Waals surface area contributed by atoms with Crippen LogP contribution in [0.4, 0.5) is 18.9 Å². The lowest BCUT2D eigenvalue weighted by Gasteiger charge is -2.41. The van der Waals surface area contributed by atoms with Crippen LogP contribution in [0.2, 0.25) is 0 Å². The monoisotopic (exact) mass is 454 g/mol. The van der Waals surface area contributed by atoms with Crippen LogP contribution in [0.25, 0.3) is 11.4 Å². The molecular weight excluding hydrogens is 433 g/mol. The Morgan fingerprint density at radius 3 is 2.52 bits per heavy atom. The number of aromatic amines is 1. The van der Waals surface area contributed by atoms with Crippen molar-refractivity contribution in [1.29, 1.82) is 5.26 Å². The van der Waals surface area contributed by atoms with Gasteiger partial charge in [0.15, 0.2) is 0 Å². The largest absolute Gasteiger partial charge is 0.468 e. The average Bonchev–Trinajstić information content (AvgIpc) is 3.38. The molecule has 1 aromatic carbocycles. The second-order valence-electron chi connectivity index (χ2n) is 7.92. The summed E-state index contributed by atoms with van der Waals surface area (Å²) < 4.78 is 44.2. The van der Waals surface area contributed by atoms with E-state index in [1.54, 1.807) is 12.4 Å². The molecule has 0 aliphatic carbocycles. The van der Waals surface area contributed by atoms with Gasteiger partial charge in [-0.25, -0.2) is 0 Å². The normalized spacial score (nSPS) is 15.7. The van der Waals surface area contributed by atoms with Gasteiger partial charge in [0.25, 0.3) is 0 Å². The number of nitrogens with one attached hydrogen (secondary N) is 1. The number of aromatic nitrogens is 2. The molecule has 6 nitrogen and oxygen atoms in total. The number of esters is 1. The van der Waals surface area contributed by atoms with Crippen LogP contribution >= 0.6 is 0 Å². The number of ether oxygens (including phenoxy) is 1. The van der Waals surface area contributed by atoms with Crippen molar-refractivity contribution in [3.05, 3.63) is 71.5 Å². The van der Waals surface area contributed by atoms with Gasteiger partial charge in [-0.1, -0.05) is 6.07 Å². The van der Waals surface area contributed by atoms with Crippen molar-refractivity contribution in [2.24, 2.45) is 0 Å². The summed E-state index contributed by atoms with van der Waals surface area (Å²) in [6, 6.07) is 12.5. The van der Waals surface area contributed by atoms with Gasteiger partial charge in [0.05, 0.1) is 40.7 Å². The zero-order chi connectivity index (χ0) is 23.6. The Bertz CT molecular complexity index is 1170. The lowest BCUT2D eigenvalue weighted by molar-refractivity contribution is -0.148. The quantitative estimate of drug-likeness (QED) is 0.579. The van der Waals surface area contributed by atoms with Crippen LogP contribution in [0.1, 0.15) is 29.5 Å². The number of hydrogen-bond acceptors (Lipinski definition) is 5. The molecule has 3 heterocycles. The first-order chi connectivity index (χ1) is 15.8. The summed E-state index contributed by atoms with van der Waals surface area (Å²) in [5.74, 6) is -0.385. The van der Waals surface area contributed by atoms with E-state index in [-0.39, 0.29) is 11.5 Å². The minimum atomic E-state index is -4.52. The van der Waals surface area contributed by atoms with Crippen LogP contribution in [0.5, 0.6) is 0 Å². The van der Waals surface area contributed by atoms with Crippen LogP contribution in [0.15, 0.2) is 54.9 Å². The topological polar surface area (TPSA) is 82.0 Å². The van der Waals surface area contributed by atoms with E-state index in [4.69, 9.17) is 4.74 Å². The summed E-state index contributed by atoms with van der Waals surface area (Å²) in [7, 11) is 1.33. The number of nitriles is 1. The first-order valence-electron chi connectivity index (χ1n) is 10.3. The van der Waals surface area contributed by atoms with Gasteiger partial charge in [-0.15, -0.1) is 0 Å². The highest BCUT2D eigenvalue weighted by Gasteiger charge is 2.44. The van der Waals surface area contributed by atoms with Crippen molar-refractivity contribution < 1.29 is 22.7 Å². The molecule has 1 aliphatic heterocycles. The molecule has 4 rings (SSSR count). The van der Waals surface area contributed by atoms with E-state index in [1.807, 2.05) is 35.2 Å². The smallest absolute Gasteiger partial charge is 0.416 e. The van der Waals surface area contributed by atoms with Gasteiger partial charge in [-0.2, -0.15) is 18.4 Å². The first-order valence-corrected chi connectivity index (χ1v) is 10.3. The summed E-state index contributed by atoms with van der Waals surface area (Å²) in [5, 5.41) is 9.42. The molecule has 0 saturated carbocycles. The Morgan fingerprint density at radius 2 is 1.97 bits per heavy atom. The molecular formula is C24H21F3N4O2. The zero-order valence-corrected chi connectivity index (χ0v) is 17.8. The minimum absolute atomic E-state index is 0.0487. The number of methoxy groups -OCH3 is 1. The number of alkyl halides is 3. The molecule has 3 aromatic rings. The number of pyridine rings is 1. The molecule has 170 valence electrons. The van der Waals surface area contributed by atoms with Crippen molar-refractivity contribution in [1.82, 2.24) is 9.97 Å². The van der Waals surface area contributed by atoms with E-state index in [9.17, 15) is 23.2 Å². The molecule has 0 bridgehead atoms. The molecule has 0 spiro atoms. The number of nitrogens with zero attached hydrogens (tertiary/aromatic N) is 3. The van der Waals surface area contributed by atoms with E-state index in [2.05, 4.69) is 9.97 Å². The third kappa shape index (κ3) is 4.16. The maximum atomic E-state index is 13.0. The highest BCUT2D eigenvalue weighted by Crippen LogP contribution is 2.40. The Labute approximate surface area is 188 Å². The molecule has 9 heteroatoms. The highest BCUT2D eigenvalue weighted by atomic mass is 19.4. The van der Waals surface area contributed by atoms with Gasteiger partial charge in [0, 0.05) is 25.5 Å². The molecule has 1 saturated heterocycles. The lowest BCUT2D eigenvalue weighted by atomic mass is 9.73. The van der Waals surface area contributed by atoms with Crippen LogP contribution in [-0.2, 0) is 21.1 Å². The molecule has 2 aromatic heterocycles. The van der Waals surface area contributed by atoms with Crippen molar-refractivity contribution in [2.75, 3.05) is 25.1 Å². The fourth-order valence-corrected chi connectivity index (χ4v) is 4.34. The number of piperidine rings is 1. The second-order valence-corrected chi connectivity index (χ2v) is 7.92. The third-order valence-corrected chi connectivity index (χ3v) is 6.17. The summed E-state index contributed by atoms with van der Waals surface area (Å²) in [6.07, 6.45) is -0.315. The highest BCUT2D eigenvalue weighted by molar-refractivity contribution is 5.84. The number of carbonyl (C=O) groups is 1. The molecule has 0 radical (unpaired) electrons. The molecule has 1 fully saturated rings. The SMILES string of the molecule is COC(=O)C1(c2ccc(-c3ccc[nH]3)nc2)CCN(c2ccc(C(F)(F)F)cc2C#N)CC1. The lowest BCUT2D eigenvalue weighted by Crippen LogP contribution is -2.48. The summed E-state index contributed by atoms with van der Waals surface area (Å²) in [6.45, 7) is 0.737. The zero-order valence-electron chi connectivity index (χ0n) is 17.8. The summed E-state index contributed by atoms with van der Waals surface area (Å²) >= 11 is 0. The van der Waals surface area contributed by atoms with Gasteiger partial charge in [-0.3, -0.25) is 9.78 Å². The van der Waals surface area contributed by atoms with E-state index >= 15 is 0 Å². The predicted octanol–water partition coefficient (Wildman–Crippen LogP) is 4.68. The molecule has 1 N–H and O–H groups in total. The van der Waals surface area contributed by atoms with Crippen LogP contribution in [-0.4, -0.2) is 36.1 Å². The van der Waals surface area contributed by atoms with E-state index < -0.39 is 17.2 Å². The number of benzene rings is 1.